The average Bonchev–Trinajstić information content (AvgIpc) is 1.99. The summed E-state index contributed by atoms with van der Waals surface area (Å²) in [4.78, 5) is 8.61. The first-order valence-electron chi connectivity index (χ1n) is 4.23. The SMILES string of the molecule is Cc1cc(C)nc(CCCN)n1. The van der Waals surface area contributed by atoms with Crippen molar-refractivity contribution in [2.75, 3.05) is 6.54 Å². The third-order valence-corrected chi connectivity index (χ3v) is 1.63. The second-order valence-electron chi connectivity index (χ2n) is 2.96. The van der Waals surface area contributed by atoms with Gasteiger partial charge in [0.2, 0.25) is 0 Å². The van der Waals surface area contributed by atoms with Crippen LogP contribution in [0.1, 0.15) is 23.6 Å². The van der Waals surface area contributed by atoms with Crippen LogP contribution in [0.3, 0.4) is 0 Å². The Morgan fingerprint density at radius 1 is 1.25 bits per heavy atom. The zero-order valence-corrected chi connectivity index (χ0v) is 7.67. The van der Waals surface area contributed by atoms with Gasteiger partial charge in [0.1, 0.15) is 5.82 Å². The standard InChI is InChI=1S/C9H15N3/c1-7-6-8(2)12-9(11-7)4-3-5-10/h6H,3-5,10H2,1-2H3. The molecule has 1 aromatic rings. The van der Waals surface area contributed by atoms with Crippen molar-refractivity contribution in [2.45, 2.75) is 26.7 Å². The maximum Gasteiger partial charge on any atom is 0.128 e. The fourth-order valence-electron chi connectivity index (χ4n) is 1.17. The van der Waals surface area contributed by atoms with Gasteiger partial charge in [0.05, 0.1) is 0 Å². The van der Waals surface area contributed by atoms with E-state index in [9.17, 15) is 0 Å². The molecule has 0 fully saturated rings. The van der Waals surface area contributed by atoms with E-state index in [1.54, 1.807) is 0 Å². The zero-order chi connectivity index (χ0) is 8.97. The minimum Gasteiger partial charge on any atom is -0.330 e. The highest BCUT2D eigenvalue weighted by Crippen LogP contribution is 2.00. The molecule has 0 aliphatic heterocycles. The van der Waals surface area contributed by atoms with Gasteiger partial charge in [-0.05, 0) is 32.9 Å². The van der Waals surface area contributed by atoms with Crippen molar-refractivity contribution in [3.63, 3.8) is 0 Å². The number of rotatable bonds is 3. The quantitative estimate of drug-likeness (QED) is 0.726. The molecule has 1 aromatic heterocycles. The summed E-state index contributed by atoms with van der Waals surface area (Å²) < 4.78 is 0. The van der Waals surface area contributed by atoms with Gasteiger partial charge in [0.15, 0.2) is 0 Å². The van der Waals surface area contributed by atoms with E-state index in [1.807, 2.05) is 19.9 Å². The smallest absolute Gasteiger partial charge is 0.128 e. The van der Waals surface area contributed by atoms with Crippen LogP contribution in [-0.4, -0.2) is 16.5 Å². The van der Waals surface area contributed by atoms with Crippen LogP contribution in [0.25, 0.3) is 0 Å². The van der Waals surface area contributed by atoms with Crippen molar-refractivity contribution < 1.29 is 0 Å². The number of aryl methyl sites for hydroxylation is 3. The van der Waals surface area contributed by atoms with Gasteiger partial charge in [-0.3, -0.25) is 0 Å². The monoisotopic (exact) mass is 165 g/mol. The number of hydrogen-bond acceptors (Lipinski definition) is 3. The highest BCUT2D eigenvalue weighted by Gasteiger charge is 1.97. The molecule has 1 rings (SSSR count). The molecule has 0 aliphatic carbocycles. The molecule has 2 N–H and O–H groups in total. The first-order valence-corrected chi connectivity index (χ1v) is 4.23. The highest BCUT2D eigenvalue weighted by molar-refractivity contribution is 5.08. The summed E-state index contributed by atoms with van der Waals surface area (Å²) in [6.07, 6.45) is 1.85. The molecule has 1 heterocycles. The molecule has 0 atom stereocenters. The maximum absolute atomic E-state index is 5.40. The largest absolute Gasteiger partial charge is 0.330 e. The summed E-state index contributed by atoms with van der Waals surface area (Å²) in [6, 6.07) is 1.98. The molecule has 0 radical (unpaired) electrons. The molecule has 0 aromatic carbocycles. The van der Waals surface area contributed by atoms with Gasteiger partial charge < -0.3 is 5.73 Å². The minimum absolute atomic E-state index is 0.705. The lowest BCUT2D eigenvalue weighted by Crippen LogP contribution is -2.04. The topological polar surface area (TPSA) is 51.8 Å². The number of aromatic nitrogens is 2. The van der Waals surface area contributed by atoms with Crippen molar-refractivity contribution in [3.8, 4) is 0 Å². The van der Waals surface area contributed by atoms with Gasteiger partial charge in [-0.25, -0.2) is 9.97 Å². The van der Waals surface area contributed by atoms with Crippen LogP contribution in [0.2, 0.25) is 0 Å². The molecule has 12 heavy (non-hydrogen) atoms. The highest BCUT2D eigenvalue weighted by atomic mass is 14.9. The molecular weight excluding hydrogens is 150 g/mol. The van der Waals surface area contributed by atoms with Crippen LogP contribution >= 0.6 is 0 Å². The third kappa shape index (κ3) is 2.58. The van der Waals surface area contributed by atoms with Crippen LogP contribution in [-0.2, 0) is 6.42 Å². The van der Waals surface area contributed by atoms with Crippen LogP contribution < -0.4 is 5.73 Å². The predicted molar refractivity (Wildman–Crippen MR) is 48.9 cm³/mol. The first kappa shape index (κ1) is 9.13. The number of nitrogens with zero attached hydrogens (tertiary/aromatic N) is 2. The molecular formula is C9H15N3. The number of hydrogen-bond donors (Lipinski definition) is 1. The van der Waals surface area contributed by atoms with Gasteiger partial charge in [-0.2, -0.15) is 0 Å². The summed E-state index contributed by atoms with van der Waals surface area (Å²) in [5, 5.41) is 0. The lowest BCUT2D eigenvalue weighted by atomic mass is 10.2. The molecule has 3 nitrogen and oxygen atoms in total. The lowest BCUT2D eigenvalue weighted by molar-refractivity contribution is 0.769. The van der Waals surface area contributed by atoms with E-state index in [-0.39, 0.29) is 0 Å². The first-order chi connectivity index (χ1) is 5.72. The molecule has 0 unspecified atom stereocenters. The Morgan fingerprint density at radius 3 is 2.33 bits per heavy atom. The van der Waals surface area contributed by atoms with Crippen LogP contribution in [0, 0.1) is 13.8 Å². The fraction of sp³-hybridized carbons (Fsp3) is 0.556. The molecule has 3 heteroatoms. The molecule has 0 spiro atoms. The van der Waals surface area contributed by atoms with Crippen molar-refractivity contribution in [3.05, 3.63) is 23.3 Å². The zero-order valence-electron chi connectivity index (χ0n) is 7.67. The van der Waals surface area contributed by atoms with Crippen LogP contribution in [0.15, 0.2) is 6.07 Å². The fourth-order valence-corrected chi connectivity index (χ4v) is 1.17. The Morgan fingerprint density at radius 2 is 1.83 bits per heavy atom. The minimum atomic E-state index is 0.705. The molecule has 0 aliphatic rings. The molecule has 0 bridgehead atoms. The van der Waals surface area contributed by atoms with Crippen molar-refractivity contribution in [1.29, 1.82) is 0 Å². The molecule has 0 saturated heterocycles. The van der Waals surface area contributed by atoms with Crippen LogP contribution in [0.4, 0.5) is 0 Å². The Balaban J connectivity index is 2.72. The van der Waals surface area contributed by atoms with Gasteiger partial charge in [0, 0.05) is 17.8 Å². The van der Waals surface area contributed by atoms with E-state index in [2.05, 4.69) is 9.97 Å². The number of nitrogens with two attached hydrogens (primary N) is 1. The second kappa shape index (κ2) is 4.16. The average molecular weight is 165 g/mol. The maximum atomic E-state index is 5.40. The predicted octanol–water partition coefficient (Wildman–Crippen LogP) is 0.985. The summed E-state index contributed by atoms with van der Waals surface area (Å²) in [5.41, 5.74) is 7.47. The normalized spacial score (nSPS) is 10.2. The third-order valence-electron chi connectivity index (χ3n) is 1.63. The Hall–Kier alpha value is -0.960. The van der Waals surface area contributed by atoms with E-state index in [4.69, 9.17) is 5.73 Å². The van der Waals surface area contributed by atoms with Crippen molar-refractivity contribution >= 4 is 0 Å². The summed E-state index contributed by atoms with van der Waals surface area (Å²) >= 11 is 0. The second-order valence-corrected chi connectivity index (χ2v) is 2.96. The van der Waals surface area contributed by atoms with Crippen LogP contribution in [0.5, 0.6) is 0 Å². The summed E-state index contributed by atoms with van der Waals surface area (Å²) in [6.45, 7) is 4.68. The Kier molecular flexibility index (Phi) is 3.17. The van der Waals surface area contributed by atoms with E-state index >= 15 is 0 Å². The Bertz CT molecular complexity index is 238. The van der Waals surface area contributed by atoms with Crippen molar-refractivity contribution in [1.82, 2.24) is 9.97 Å². The summed E-state index contributed by atoms with van der Waals surface area (Å²) in [5.74, 6) is 0.915. The Labute approximate surface area is 73.0 Å². The van der Waals surface area contributed by atoms with Crippen molar-refractivity contribution in [2.24, 2.45) is 5.73 Å². The van der Waals surface area contributed by atoms with E-state index in [0.717, 1.165) is 30.1 Å². The molecule has 66 valence electrons. The van der Waals surface area contributed by atoms with Gasteiger partial charge >= 0.3 is 0 Å². The van der Waals surface area contributed by atoms with E-state index in [0.29, 0.717) is 6.54 Å². The van der Waals surface area contributed by atoms with Gasteiger partial charge in [-0.15, -0.1) is 0 Å². The van der Waals surface area contributed by atoms with Gasteiger partial charge in [-0.1, -0.05) is 0 Å². The molecule has 0 amide bonds. The molecule has 0 saturated carbocycles. The lowest BCUT2D eigenvalue weighted by Gasteiger charge is -2.01. The van der Waals surface area contributed by atoms with E-state index < -0.39 is 0 Å². The summed E-state index contributed by atoms with van der Waals surface area (Å²) in [7, 11) is 0. The van der Waals surface area contributed by atoms with Gasteiger partial charge in [0.25, 0.3) is 0 Å². The van der Waals surface area contributed by atoms with E-state index in [1.165, 1.54) is 0 Å².